The van der Waals surface area contributed by atoms with Crippen LogP contribution < -0.4 is 5.32 Å². The Labute approximate surface area is 118 Å². The van der Waals surface area contributed by atoms with Gasteiger partial charge in [0.25, 0.3) is 0 Å². The number of alkyl halides is 3. The van der Waals surface area contributed by atoms with E-state index in [1.165, 1.54) is 6.07 Å². The van der Waals surface area contributed by atoms with Crippen molar-refractivity contribution in [3.8, 4) is 0 Å². The van der Waals surface area contributed by atoms with Gasteiger partial charge in [0.05, 0.1) is 5.56 Å². The number of hydrogen-bond acceptors (Lipinski definition) is 1. The molecule has 0 amide bonds. The molecule has 0 bridgehead atoms. The Morgan fingerprint density at radius 3 is 2.50 bits per heavy atom. The van der Waals surface area contributed by atoms with Crippen molar-refractivity contribution in [2.24, 2.45) is 0 Å². The molecule has 4 heteroatoms. The van der Waals surface area contributed by atoms with E-state index in [0.717, 1.165) is 18.1 Å². The molecule has 0 aliphatic rings. The Balaban J connectivity index is 3.02. The Kier molecular flexibility index (Phi) is 6.27. The van der Waals surface area contributed by atoms with E-state index < -0.39 is 11.7 Å². The van der Waals surface area contributed by atoms with Crippen LogP contribution in [0.4, 0.5) is 13.2 Å². The van der Waals surface area contributed by atoms with Crippen molar-refractivity contribution >= 4 is 0 Å². The lowest BCUT2D eigenvalue weighted by Gasteiger charge is -2.23. The van der Waals surface area contributed by atoms with E-state index in [1.807, 2.05) is 13.8 Å². The first kappa shape index (κ1) is 16.8. The predicted molar refractivity (Wildman–Crippen MR) is 76.5 cm³/mol. The van der Waals surface area contributed by atoms with E-state index in [9.17, 15) is 13.2 Å². The van der Waals surface area contributed by atoms with Crippen LogP contribution in [0.5, 0.6) is 0 Å². The van der Waals surface area contributed by atoms with Gasteiger partial charge in [0.2, 0.25) is 0 Å². The molecule has 0 saturated carbocycles. The molecule has 0 radical (unpaired) electrons. The number of allylic oxidation sites excluding steroid dienone is 1. The smallest absolute Gasteiger partial charge is 0.310 e. The van der Waals surface area contributed by atoms with Crippen molar-refractivity contribution in [1.29, 1.82) is 0 Å². The topological polar surface area (TPSA) is 12.0 Å². The van der Waals surface area contributed by atoms with Crippen molar-refractivity contribution in [1.82, 2.24) is 5.32 Å². The minimum atomic E-state index is -4.31. The van der Waals surface area contributed by atoms with Gasteiger partial charge in [-0.15, -0.1) is 6.58 Å². The monoisotopic (exact) mass is 285 g/mol. The lowest BCUT2D eigenvalue weighted by atomic mass is 9.95. The molecule has 0 aliphatic carbocycles. The zero-order valence-corrected chi connectivity index (χ0v) is 12.1. The van der Waals surface area contributed by atoms with Crippen molar-refractivity contribution in [2.75, 3.05) is 6.54 Å². The fourth-order valence-corrected chi connectivity index (χ4v) is 2.14. The molecule has 0 aromatic heterocycles. The highest BCUT2D eigenvalue weighted by Crippen LogP contribution is 2.35. The average Bonchev–Trinajstić information content (AvgIpc) is 2.37. The molecule has 0 aliphatic heterocycles. The molecule has 112 valence electrons. The third kappa shape index (κ3) is 5.00. The summed E-state index contributed by atoms with van der Waals surface area (Å²) in [6.45, 7) is 8.42. The van der Waals surface area contributed by atoms with E-state index in [2.05, 4.69) is 11.9 Å². The molecule has 0 saturated heterocycles. The van der Waals surface area contributed by atoms with Gasteiger partial charge in [-0.25, -0.2) is 0 Å². The second kappa shape index (κ2) is 7.48. The summed E-state index contributed by atoms with van der Waals surface area (Å²) in [6, 6.07) is 5.52. The average molecular weight is 285 g/mol. The molecule has 1 nitrogen and oxygen atoms in total. The first-order valence-electron chi connectivity index (χ1n) is 6.90. The molecule has 0 fully saturated rings. The summed E-state index contributed by atoms with van der Waals surface area (Å²) >= 11 is 0. The lowest BCUT2D eigenvalue weighted by molar-refractivity contribution is -0.138. The SMILES string of the molecule is C=C(C)CCC(NCCC)c1ccccc1C(F)(F)F. The number of rotatable bonds is 7. The van der Waals surface area contributed by atoms with Crippen LogP contribution in [0.1, 0.15) is 50.3 Å². The zero-order chi connectivity index (χ0) is 15.2. The number of halogens is 3. The van der Waals surface area contributed by atoms with Gasteiger partial charge < -0.3 is 5.32 Å². The van der Waals surface area contributed by atoms with Gasteiger partial charge in [-0.2, -0.15) is 13.2 Å². The second-order valence-corrected chi connectivity index (χ2v) is 5.09. The highest BCUT2D eigenvalue weighted by molar-refractivity contribution is 5.32. The third-order valence-corrected chi connectivity index (χ3v) is 3.14. The molecule has 20 heavy (non-hydrogen) atoms. The van der Waals surface area contributed by atoms with Crippen molar-refractivity contribution in [3.05, 3.63) is 47.5 Å². The van der Waals surface area contributed by atoms with Gasteiger partial charge in [-0.1, -0.05) is 30.7 Å². The van der Waals surface area contributed by atoms with Crippen LogP contribution in [0.3, 0.4) is 0 Å². The predicted octanol–water partition coefficient (Wildman–Crippen LogP) is 5.10. The summed E-state index contributed by atoms with van der Waals surface area (Å²) in [5.41, 5.74) is 0.766. The van der Waals surface area contributed by atoms with Gasteiger partial charge in [0, 0.05) is 6.04 Å². The van der Waals surface area contributed by atoms with Gasteiger partial charge in [-0.3, -0.25) is 0 Å². The third-order valence-electron chi connectivity index (χ3n) is 3.14. The minimum absolute atomic E-state index is 0.288. The minimum Gasteiger partial charge on any atom is -0.310 e. The van der Waals surface area contributed by atoms with E-state index >= 15 is 0 Å². The Hall–Kier alpha value is -1.29. The summed E-state index contributed by atoms with van der Waals surface area (Å²) in [6.07, 6.45) is -2.08. The summed E-state index contributed by atoms with van der Waals surface area (Å²) in [5.74, 6) is 0. The standard InChI is InChI=1S/C16H22F3N/c1-4-11-20-15(10-9-12(2)3)13-7-5-6-8-14(13)16(17,18)19/h5-8,15,20H,2,4,9-11H2,1,3H3. The maximum absolute atomic E-state index is 13.1. The lowest BCUT2D eigenvalue weighted by Crippen LogP contribution is -2.25. The summed E-state index contributed by atoms with van der Waals surface area (Å²) in [4.78, 5) is 0. The fraction of sp³-hybridized carbons (Fsp3) is 0.500. The normalized spacial score (nSPS) is 13.2. The highest BCUT2D eigenvalue weighted by atomic mass is 19.4. The molecular weight excluding hydrogens is 263 g/mol. The van der Waals surface area contributed by atoms with Crippen LogP contribution in [-0.4, -0.2) is 6.54 Å². The molecule has 1 aromatic carbocycles. The van der Waals surface area contributed by atoms with Crippen molar-refractivity contribution in [2.45, 2.75) is 45.3 Å². The molecular formula is C16H22F3N. The summed E-state index contributed by atoms with van der Waals surface area (Å²) in [7, 11) is 0. The molecule has 0 heterocycles. The van der Waals surface area contributed by atoms with Crippen LogP contribution >= 0.6 is 0 Å². The van der Waals surface area contributed by atoms with Gasteiger partial charge in [-0.05, 0) is 44.4 Å². The largest absolute Gasteiger partial charge is 0.416 e. The van der Waals surface area contributed by atoms with Gasteiger partial charge >= 0.3 is 6.18 Å². The van der Waals surface area contributed by atoms with E-state index in [0.29, 0.717) is 24.9 Å². The second-order valence-electron chi connectivity index (χ2n) is 5.09. The van der Waals surface area contributed by atoms with E-state index in [-0.39, 0.29) is 6.04 Å². The molecule has 1 aromatic rings. The first-order chi connectivity index (χ1) is 9.36. The van der Waals surface area contributed by atoms with Crippen molar-refractivity contribution in [3.63, 3.8) is 0 Å². The van der Waals surface area contributed by atoms with Gasteiger partial charge in [0.1, 0.15) is 0 Å². The van der Waals surface area contributed by atoms with Crippen LogP contribution in [0, 0.1) is 0 Å². The summed E-state index contributed by atoms with van der Waals surface area (Å²) < 4.78 is 39.3. The van der Waals surface area contributed by atoms with Crippen LogP contribution in [0.2, 0.25) is 0 Å². The molecule has 0 spiro atoms. The van der Waals surface area contributed by atoms with Crippen LogP contribution in [0.15, 0.2) is 36.4 Å². The maximum Gasteiger partial charge on any atom is 0.416 e. The van der Waals surface area contributed by atoms with Crippen LogP contribution in [-0.2, 0) is 6.18 Å². The number of hydrogen-bond donors (Lipinski definition) is 1. The molecule has 1 atom stereocenters. The number of nitrogens with one attached hydrogen (secondary N) is 1. The fourth-order valence-electron chi connectivity index (χ4n) is 2.14. The first-order valence-corrected chi connectivity index (χ1v) is 6.90. The maximum atomic E-state index is 13.1. The zero-order valence-electron chi connectivity index (χ0n) is 12.1. The Bertz CT molecular complexity index is 438. The Morgan fingerprint density at radius 1 is 1.30 bits per heavy atom. The van der Waals surface area contributed by atoms with Gasteiger partial charge in [0.15, 0.2) is 0 Å². The van der Waals surface area contributed by atoms with E-state index in [1.54, 1.807) is 12.1 Å². The van der Waals surface area contributed by atoms with Crippen LogP contribution in [0.25, 0.3) is 0 Å². The molecule has 1 N–H and O–H groups in total. The summed E-state index contributed by atoms with van der Waals surface area (Å²) in [5, 5.41) is 3.21. The Morgan fingerprint density at radius 2 is 1.95 bits per heavy atom. The quantitative estimate of drug-likeness (QED) is 0.687. The van der Waals surface area contributed by atoms with Crippen molar-refractivity contribution < 1.29 is 13.2 Å². The number of benzene rings is 1. The molecule has 1 rings (SSSR count). The van der Waals surface area contributed by atoms with E-state index in [4.69, 9.17) is 0 Å². The molecule has 1 unspecified atom stereocenters. The highest BCUT2D eigenvalue weighted by Gasteiger charge is 2.34.